The number of rotatable bonds is 5. The Hall–Kier alpha value is -2.26. The van der Waals surface area contributed by atoms with Crippen LogP contribution in [0.3, 0.4) is 0 Å². The molecule has 0 spiro atoms. The highest BCUT2D eigenvalue weighted by Crippen LogP contribution is 2.43. The largest absolute Gasteiger partial charge is 0.431 e. The second kappa shape index (κ2) is 7.96. The smallest absolute Gasteiger partial charge is 0.342 e. The van der Waals surface area contributed by atoms with Crippen LogP contribution in [-0.4, -0.2) is 11.7 Å². The minimum atomic E-state index is -0.344. The van der Waals surface area contributed by atoms with Crippen LogP contribution in [-0.2, 0) is 10.2 Å². The summed E-state index contributed by atoms with van der Waals surface area (Å²) in [6.45, 7) is 6.75. The fourth-order valence-electron chi connectivity index (χ4n) is 3.14. The third-order valence-electron chi connectivity index (χ3n) is 4.58. The summed E-state index contributed by atoms with van der Waals surface area (Å²) in [5.41, 5.74) is 4.41. The van der Waals surface area contributed by atoms with Gasteiger partial charge >= 0.3 is 5.97 Å². The molecule has 1 aliphatic carbocycles. The van der Waals surface area contributed by atoms with Crippen LogP contribution < -0.4 is 0 Å². The summed E-state index contributed by atoms with van der Waals surface area (Å²) in [5, 5.41) is 0. The number of hydrogen-bond donors (Lipinski definition) is 0. The molecule has 0 saturated carbocycles. The molecule has 2 aromatic rings. The van der Waals surface area contributed by atoms with Gasteiger partial charge in [0.05, 0.1) is 11.8 Å². The molecular formula is C23H24O2S. The Kier molecular flexibility index (Phi) is 5.67. The van der Waals surface area contributed by atoms with E-state index >= 15 is 0 Å². The van der Waals surface area contributed by atoms with Crippen molar-refractivity contribution in [2.75, 3.05) is 5.75 Å². The number of benzene rings is 2. The average molecular weight is 365 g/mol. The van der Waals surface area contributed by atoms with E-state index in [4.69, 9.17) is 4.74 Å². The van der Waals surface area contributed by atoms with E-state index in [-0.39, 0.29) is 11.4 Å². The quantitative estimate of drug-likeness (QED) is 0.461. The van der Waals surface area contributed by atoms with Crippen molar-refractivity contribution in [2.24, 2.45) is 0 Å². The van der Waals surface area contributed by atoms with E-state index < -0.39 is 0 Å². The highest BCUT2D eigenvalue weighted by atomic mass is 32.2. The van der Waals surface area contributed by atoms with Gasteiger partial charge in [0.15, 0.2) is 0 Å². The summed E-state index contributed by atoms with van der Waals surface area (Å²) in [7, 11) is 0. The minimum absolute atomic E-state index is 0.148. The SMILES string of the molecule is CCSC1=CCC(C)(C)c2ccc(C=COC(=O)c3ccccc3)cc21. The van der Waals surface area contributed by atoms with E-state index in [0.717, 1.165) is 17.7 Å². The molecule has 0 bridgehead atoms. The normalized spacial score (nSPS) is 15.4. The Balaban J connectivity index is 1.79. The summed E-state index contributed by atoms with van der Waals surface area (Å²) in [6, 6.07) is 15.5. The lowest BCUT2D eigenvalue weighted by Crippen LogP contribution is -2.21. The molecule has 0 radical (unpaired) electrons. The van der Waals surface area contributed by atoms with Gasteiger partial charge in [-0.1, -0.05) is 57.2 Å². The third-order valence-corrected chi connectivity index (χ3v) is 5.57. The minimum Gasteiger partial charge on any atom is -0.431 e. The maximum Gasteiger partial charge on any atom is 0.342 e. The number of hydrogen-bond acceptors (Lipinski definition) is 3. The summed E-state index contributed by atoms with van der Waals surface area (Å²) < 4.78 is 5.25. The monoisotopic (exact) mass is 364 g/mol. The molecule has 0 aromatic heterocycles. The Labute approximate surface area is 160 Å². The zero-order valence-electron chi connectivity index (χ0n) is 15.5. The number of carbonyl (C=O) groups is 1. The second-order valence-electron chi connectivity index (χ2n) is 6.97. The molecule has 2 aromatic carbocycles. The van der Waals surface area contributed by atoms with Gasteiger partial charge in [-0.2, -0.15) is 0 Å². The first-order chi connectivity index (χ1) is 12.5. The number of allylic oxidation sites excluding steroid dienone is 1. The lowest BCUT2D eigenvalue weighted by molar-refractivity contribution is 0.0665. The van der Waals surface area contributed by atoms with Crippen molar-refractivity contribution in [2.45, 2.75) is 32.6 Å². The van der Waals surface area contributed by atoms with Gasteiger partial charge in [-0.25, -0.2) is 4.79 Å². The maximum atomic E-state index is 12.0. The first kappa shape index (κ1) is 18.5. The molecule has 0 atom stereocenters. The van der Waals surface area contributed by atoms with Crippen molar-refractivity contribution < 1.29 is 9.53 Å². The summed E-state index contributed by atoms with van der Waals surface area (Å²) in [5.74, 6) is 0.712. The predicted molar refractivity (Wildman–Crippen MR) is 111 cm³/mol. The molecule has 0 fully saturated rings. The van der Waals surface area contributed by atoms with Crippen molar-refractivity contribution in [1.29, 1.82) is 0 Å². The predicted octanol–water partition coefficient (Wildman–Crippen LogP) is 6.29. The molecule has 0 heterocycles. The van der Waals surface area contributed by atoms with Crippen LogP contribution in [0.15, 0.2) is 60.9 Å². The first-order valence-corrected chi connectivity index (χ1v) is 9.90. The summed E-state index contributed by atoms with van der Waals surface area (Å²) in [6.07, 6.45) is 6.73. The first-order valence-electron chi connectivity index (χ1n) is 8.92. The molecule has 0 unspecified atom stereocenters. The van der Waals surface area contributed by atoms with Crippen molar-refractivity contribution in [3.63, 3.8) is 0 Å². The zero-order chi connectivity index (χ0) is 18.6. The fourth-order valence-corrected chi connectivity index (χ4v) is 3.97. The van der Waals surface area contributed by atoms with E-state index in [1.54, 1.807) is 12.1 Å². The van der Waals surface area contributed by atoms with Crippen molar-refractivity contribution in [3.05, 3.63) is 83.1 Å². The van der Waals surface area contributed by atoms with Gasteiger partial charge in [0.2, 0.25) is 0 Å². The number of carbonyl (C=O) groups excluding carboxylic acids is 1. The topological polar surface area (TPSA) is 26.3 Å². The Morgan fingerprint density at radius 2 is 1.96 bits per heavy atom. The van der Waals surface area contributed by atoms with Crippen molar-refractivity contribution in [1.82, 2.24) is 0 Å². The Morgan fingerprint density at radius 3 is 2.69 bits per heavy atom. The van der Waals surface area contributed by atoms with Gasteiger partial charge in [0.25, 0.3) is 0 Å². The van der Waals surface area contributed by atoms with Gasteiger partial charge in [-0.05, 0) is 58.6 Å². The van der Waals surface area contributed by atoms with Crippen LogP contribution in [0, 0.1) is 0 Å². The third kappa shape index (κ3) is 4.10. The average Bonchev–Trinajstić information content (AvgIpc) is 2.65. The van der Waals surface area contributed by atoms with Crippen molar-refractivity contribution in [3.8, 4) is 0 Å². The summed E-state index contributed by atoms with van der Waals surface area (Å²) >= 11 is 1.88. The molecule has 3 rings (SSSR count). The molecule has 1 aliphatic rings. The second-order valence-corrected chi connectivity index (χ2v) is 8.27. The van der Waals surface area contributed by atoms with Gasteiger partial charge in [0.1, 0.15) is 0 Å². The molecular weight excluding hydrogens is 340 g/mol. The lowest BCUT2D eigenvalue weighted by atomic mass is 9.75. The number of esters is 1. The number of fused-ring (bicyclic) bond motifs is 1. The van der Waals surface area contributed by atoms with E-state index in [1.807, 2.05) is 36.0 Å². The van der Waals surface area contributed by atoms with Gasteiger partial charge < -0.3 is 4.74 Å². The Morgan fingerprint density at radius 1 is 1.19 bits per heavy atom. The molecule has 26 heavy (non-hydrogen) atoms. The zero-order valence-corrected chi connectivity index (χ0v) is 16.3. The van der Waals surface area contributed by atoms with Gasteiger partial charge in [-0.3, -0.25) is 0 Å². The van der Waals surface area contributed by atoms with Crippen LogP contribution in [0.5, 0.6) is 0 Å². The van der Waals surface area contributed by atoms with Crippen LogP contribution in [0.1, 0.15) is 54.2 Å². The number of thioether (sulfide) groups is 1. The Bertz CT molecular complexity index is 848. The maximum absolute atomic E-state index is 12.0. The molecule has 2 nitrogen and oxygen atoms in total. The highest BCUT2D eigenvalue weighted by molar-refractivity contribution is 8.08. The van der Waals surface area contributed by atoms with Crippen LogP contribution in [0.25, 0.3) is 11.0 Å². The molecule has 134 valence electrons. The van der Waals surface area contributed by atoms with Gasteiger partial charge in [-0.15, -0.1) is 11.8 Å². The fraction of sp³-hybridized carbons (Fsp3) is 0.261. The van der Waals surface area contributed by atoms with E-state index in [9.17, 15) is 4.79 Å². The highest BCUT2D eigenvalue weighted by Gasteiger charge is 2.27. The molecule has 3 heteroatoms. The molecule has 0 saturated heterocycles. The standard InChI is InChI=1S/C23H24O2S/c1-4-26-21-12-14-23(2,3)20-11-10-17(16-19(20)21)13-15-25-22(24)18-8-6-5-7-9-18/h5-13,15-16H,4,14H2,1-3H3. The van der Waals surface area contributed by atoms with Crippen LogP contribution in [0.4, 0.5) is 0 Å². The number of ether oxygens (including phenoxy) is 1. The van der Waals surface area contributed by atoms with E-state index in [1.165, 1.54) is 22.3 Å². The molecule has 0 N–H and O–H groups in total. The van der Waals surface area contributed by atoms with Crippen molar-refractivity contribution >= 4 is 28.7 Å². The van der Waals surface area contributed by atoms with Crippen LogP contribution >= 0.6 is 11.8 Å². The summed E-state index contributed by atoms with van der Waals surface area (Å²) in [4.78, 5) is 13.3. The molecule has 0 amide bonds. The van der Waals surface area contributed by atoms with Crippen LogP contribution in [0.2, 0.25) is 0 Å². The lowest BCUT2D eigenvalue weighted by Gasteiger charge is -2.32. The van der Waals surface area contributed by atoms with Gasteiger partial charge in [0, 0.05) is 4.91 Å². The molecule has 0 aliphatic heterocycles. The van der Waals surface area contributed by atoms with E-state index in [0.29, 0.717) is 5.56 Å². The van der Waals surface area contributed by atoms with E-state index in [2.05, 4.69) is 45.0 Å².